The van der Waals surface area contributed by atoms with Crippen LogP contribution in [0.15, 0.2) is 24.3 Å². The van der Waals surface area contributed by atoms with Gasteiger partial charge in [0.1, 0.15) is 0 Å². The Balaban J connectivity index is 2.12. The number of aryl methyl sites for hydroxylation is 1. The molecule has 0 spiro atoms. The zero-order chi connectivity index (χ0) is 13.2. The van der Waals surface area contributed by atoms with Crippen LogP contribution in [0.1, 0.15) is 30.2 Å². The van der Waals surface area contributed by atoms with E-state index in [2.05, 4.69) is 36.3 Å². The lowest BCUT2D eigenvalue weighted by atomic mass is 10.1. The molecule has 0 amide bonds. The maximum atomic E-state index is 6.01. The minimum atomic E-state index is 0.580. The molecule has 0 atom stereocenters. The predicted molar refractivity (Wildman–Crippen MR) is 75.3 cm³/mol. The summed E-state index contributed by atoms with van der Waals surface area (Å²) in [5.41, 5.74) is 10.7. The number of ether oxygens (including phenoxy) is 1. The molecule has 4 heteroatoms. The molecule has 1 aliphatic rings. The minimum absolute atomic E-state index is 0.580. The summed E-state index contributed by atoms with van der Waals surface area (Å²) >= 11 is 0. The highest BCUT2D eigenvalue weighted by molar-refractivity contribution is 5.50. The SMILES string of the molecule is CCCc1ccccc1-n1nc(N)c2c1CCOC2. The van der Waals surface area contributed by atoms with E-state index in [1.165, 1.54) is 11.3 Å². The zero-order valence-corrected chi connectivity index (χ0v) is 11.2. The second-order valence-electron chi connectivity index (χ2n) is 4.90. The van der Waals surface area contributed by atoms with Crippen LogP contribution in [0.4, 0.5) is 5.82 Å². The van der Waals surface area contributed by atoms with Gasteiger partial charge in [0.2, 0.25) is 0 Å². The molecule has 1 aliphatic heterocycles. The molecule has 1 aromatic heterocycles. The lowest BCUT2D eigenvalue weighted by molar-refractivity contribution is 0.110. The predicted octanol–water partition coefficient (Wildman–Crippen LogP) is 2.48. The highest BCUT2D eigenvalue weighted by Gasteiger charge is 2.21. The Labute approximate surface area is 113 Å². The van der Waals surface area contributed by atoms with Crippen molar-refractivity contribution >= 4 is 5.82 Å². The number of aromatic nitrogens is 2. The largest absolute Gasteiger partial charge is 0.382 e. The van der Waals surface area contributed by atoms with Crippen molar-refractivity contribution in [1.82, 2.24) is 9.78 Å². The maximum absolute atomic E-state index is 6.01. The van der Waals surface area contributed by atoms with E-state index in [-0.39, 0.29) is 0 Å². The van der Waals surface area contributed by atoms with E-state index in [4.69, 9.17) is 10.5 Å². The summed E-state index contributed by atoms with van der Waals surface area (Å²) in [6.07, 6.45) is 3.06. The maximum Gasteiger partial charge on any atom is 0.151 e. The van der Waals surface area contributed by atoms with Gasteiger partial charge in [-0.25, -0.2) is 4.68 Å². The van der Waals surface area contributed by atoms with Crippen LogP contribution in [0, 0.1) is 0 Å². The van der Waals surface area contributed by atoms with Crippen LogP contribution in [0.2, 0.25) is 0 Å². The molecular weight excluding hydrogens is 238 g/mol. The molecule has 4 nitrogen and oxygen atoms in total. The first kappa shape index (κ1) is 12.2. The second-order valence-corrected chi connectivity index (χ2v) is 4.90. The molecule has 100 valence electrons. The van der Waals surface area contributed by atoms with Gasteiger partial charge < -0.3 is 10.5 Å². The number of para-hydroxylation sites is 1. The average Bonchev–Trinajstić information content (AvgIpc) is 2.78. The fourth-order valence-electron chi connectivity index (χ4n) is 2.66. The molecule has 2 heterocycles. The van der Waals surface area contributed by atoms with Gasteiger partial charge in [-0.15, -0.1) is 0 Å². The number of hydrogen-bond acceptors (Lipinski definition) is 3. The Kier molecular flexibility index (Phi) is 3.25. The van der Waals surface area contributed by atoms with Crippen molar-refractivity contribution in [3.05, 3.63) is 41.1 Å². The highest BCUT2D eigenvalue weighted by atomic mass is 16.5. The van der Waals surface area contributed by atoms with Crippen molar-refractivity contribution in [2.75, 3.05) is 12.3 Å². The smallest absolute Gasteiger partial charge is 0.151 e. The van der Waals surface area contributed by atoms with Crippen molar-refractivity contribution in [3.8, 4) is 5.69 Å². The number of hydrogen-bond donors (Lipinski definition) is 1. The first-order valence-corrected chi connectivity index (χ1v) is 6.83. The molecule has 0 aliphatic carbocycles. The van der Waals surface area contributed by atoms with E-state index in [0.717, 1.165) is 37.1 Å². The van der Waals surface area contributed by atoms with E-state index < -0.39 is 0 Å². The number of rotatable bonds is 3. The van der Waals surface area contributed by atoms with Gasteiger partial charge in [-0.3, -0.25) is 0 Å². The van der Waals surface area contributed by atoms with Gasteiger partial charge in [0.15, 0.2) is 5.82 Å². The topological polar surface area (TPSA) is 53.1 Å². The lowest BCUT2D eigenvalue weighted by Gasteiger charge is -2.16. The van der Waals surface area contributed by atoms with Gasteiger partial charge >= 0.3 is 0 Å². The highest BCUT2D eigenvalue weighted by Crippen LogP contribution is 2.27. The quantitative estimate of drug-likeness (QED) is 0.919. The third-order valence-electron chi connectivity index (χ3n) is 3.59. The van der Waals surface area contributed by atoms with Gasteiger partial charge in [0, 0.05) is 12.0 Å². The van der Waals surface area contributed by atoms with Crippen molar-refractivity contribution < 1.29 is 4.74 Å². The van der Waals surface area contributed by atoms with Crippen molar-refractivity contribution in [3.63, 3.8) is 0 Å². The Morgan fingerprint density at radius 3 is 3.05 bits per heavy atom. The molecule has 0 unspecified atom stereocenters. The summed E-state index contributed by atoms with van der Waals surface area (Å²) in [6.45, 7) is 3.52. The lowest BCUT2D eigenvalue weighted by Crippen LogP contribution is -2.14. The Morgan fingerprint density at radius 1 is 1.37 bits per heavy atom. The van der Waals surface area contributed by atoms with Crippen molar-refractivity contribution in [1.29, 1.82) is 0 Å². The summed E-state index contributed by atoms with van der Waals surface area (Å²) in [5.74, 6) is 0.598. The Morgan fingerprint density at radius 2 is 2.21 bits per heavy atom. The summed E-state index contributed by atoms with van der Waals surface area (Å²) < 4.78 is 7.48. The molecule has 0 saturated carbocycles. The minimum Gasteiger partial charge on any atom is -0.382 e. The third kappa shape index (κ3) is 2.12. The van der Waals surface area contributed by atoms with E-state index in [0.29, 0.717) is 12.4 Å². The number of nitrogen functional groups attached to an aromatic ring is 1. The summed E-state index contributed by atoms with van der Waals surface area (Å²) in [6, 6.07) is 8.42. The number of nitrogens with zero attached hydrogens (tertiary/aromatic N) is 2. The Hall–Kier alpha value is -1.81. The second kappa shape index (κ2) is 5.05. The van der Waals surface area contributed by atoms with Crippen LogP contribution in [0.25, 0.3) is 5.69 Å². The summed E-state index contributed by atoms with van der Waals surface area (Å²) in [4.78, 5) is 0. The van der Waals surface area contributed by atoms with Crippen LogP contribution in [0.3, 0.4) is 0 Å². The number of anilines is 1. The van der Waals surface area contributed by atoms with Crippen molar-refractivity contribution in [2.24, 2.45) is 0 Å². The van der Waals surface area contributed by atoms with E-state index >= 15 is 0 Å². The molecule has 1 aromatic carbocycles. The van der Waals surface area contributed by atoms with Gasteiger partial charge in [0.05, 0.1) is 24.6 Å². The third-order valence-corrected chi connectivity index (χ3v) is 3.59. The van der Waals surface area contributed by atoms with Crippen LogP contribution in [0.5, 0.6) is 0 Å². The summed E-state index contributed by atoms with van der Waals surface area (Å²) in [5, 5.41) is 4.52. The zero-order valence-electron chi connectivity index (χ0n) is 11.2. The molecule has 19 heavy (non-hydrogen) atoms. The van der Waals surface area contributed by atoms with E-state index in [1.807, 2.05) is 4.68 Å². The normalized spacial score (nSPS) is 14.4. The van der Waals surface area contributed by atoms with Gasteiger partial charge in [0.25, 0.3) is 0 Å². The summed E-state index contributed by atoms with van der Waals surface area (Å²) in [7, 11) is 0. The standard InChI is InChI=1S/C15H19N3O/c1-2-5-11-6-3-4-7-13(11)18-14-8-9-19-10-12(14)15(16)17-18/h3-4,6-7H,2,5,8-10H2,1H3,(H2,16,17). The monoisotopic (exact) mass is 257 g/mol. The van der Waals surface area contributed by atoms with Crippen molar-refractivity contribution in [2.45, 2.75) is 32.8 Å². The molecule has 3 rings (SSSR count). The number of fused-ring (bicyclic) bond motifs is 1. The molecule has 0 fully saturated rings. The first-order valence-electron chi connectivity index (χ1n) is 6.83. The van der Waals surface area contributed by atoms with Crippen LogP contribution in [-0.2, 0) is 24.2 Å². The fourth-order valence-corrected chi connectivity index (χ4v) is 2.66. The number of benzene rings is 1. The Bertz CT molecular complexity index is 589. The van der Waals surface area contributed by atoms with Gasteiger partial charge in [-0.2, -0.15) is 5.10 Å². The van der Waals surface area contributed by atoms with Crippen LogP contribution >= 0.6 is 0 Å². The molecular formula is C15H19N3O. The van der Waals surface area contributed by atoms with Crippen LogP contribution in [-0.4, -0.2) is 16.4 Å². The van der Waals surface area contributed by atoms with Gasteiger partial charge in [-0.1, -0.05) is 31.5 Å². The fraction of sp³-hybridized carbons (Fsp3) is 0.400. The molecule has 0 radical (unpaired) electrons. The average molecular weight is 257 g/mol. The first-order chi connectivity index (χ1) is 9.31. The molecule has 0 saturated heterocycles. The number of nitrogens with two attached hydrogens (primary N) is 1. The van der Waals surface area contributed by atoms with Gasteiger partial charge in [-0.05, 0) is 18.1 Å². The molecule has 2 N–H and O–H groups in total. The van der Waals surface area contributed by atoms with E-state index in [9.17, 15) is 0 Å². The molecule has 0 bridgehead atoms. The van der Waals surface area contributed by atoms with E-state index in [1.54, 1.807) is 0 Å². The molecule has 2 aromatic rings. The van der Waals surface area contributed by atoms with Crippen LogP contribution < -0.4 is 5.73 Å².